The number of rotatable bonds is 1. The molecule has 0 aliphatic heterocycles. The van der Waals surface area contributed by atoms with Crippen LogP contribution in [0.15, 0.2) is 35.3 Å². The first-order valence-corrected chi connectivity index (χ1v) is 3.29. The summed E-state index contributed by atoms with van der Waals surface area (Å²) in [5.74, 6) is 0. The van der Waals surface area contributed by atoms with Gasteiger partial charge in [0.25, 0.3) is 0 Å². The summed E-state index contributed by atoms with van der Waals surface area (Å²) in [6.07, 6.45) is 1.46. The summed E-state index contributed by atoms with van der Waals surface area (Å²) in [4.78, 5) is 13.1. The lowest BCUT2D eigenvalue weighted by Crippen LogP contribution is -1.59. The molecule has 0 N–H and O–H groups in total. The highest BCUT2D eigenvalue weighted by atomic mass is 16.1. The number of aliphatic imine (C=N–C) groups is 1. The lowest BCUT2D eigenvalue weighted by molar-refractivity contribution is 0.565. The first kappa shape index (κ1) is 10.1. The molecule has 0 heterocycles. The van der Waals surface area contributed by atoms with Crippen LogP contribution in [0.5, 0.6) is 0 Å². The number of benzene rings is 1. The lowest BCUT2D eigenvalue weighted by Gasteiger charge is -1.83. The van der Waals surface area contributed by atoms with Crippen molar-refractivity contribution in [3.05, 3.63) is 30.3 Å². The van der Waals surface area contributed by atoms with Crippen molar-refractivity contribution in [2.75, 3.05) is 0 Å². The normalized spacial score (nSPS) is 6.67. The first-order valence-electron chi connectivity index (χ1n) is 3.29. The van der Waals surface area contributed by atoms with Crippen molar-refractivity contribution in [3.8, 4) is 6.07 Å². The minimum atomic E-state index is 0.646. The predicted octanol–water partition coefficient (Wildman–Crippen LogP) is 2.18. The summed E-state index contributed by atoms with van der Waals surface area (Å²) in [6, 6.07) is 10.7. The van der Waals surface area contributed by atoms with Crippen LogP contribution in [0.1, 0.15) is 6.92 Å². The molecular formula is C9H8N2O. The summed E-state index contributed by atoms with van der Waals surface area (Å²) < 4.78 is 0. The third-order valence-electron chi connectivity index (χ3n) is 0.931. The van der Waals surface area contributed by atoms with Gasteiger partial charge in [0.15, 0.2) is 0 Å². The van der Waals surface area contributed by atoms with Gasteiger partial charge in [-0.2, -0.15) is 10.3 Å². The molecule has 0 bridgehead atoms. The van der Waals surface area contributed by atoms with Crippen LogP contribution in [-0.4, -0.2) is 6.08 Å². The van der Waals surface area contributed by atoms with E-state index in [2.05, 4.69) is 4.99 Å². The van der Waals surface area contributed by atoms with E-state index in [-0.39, 0.29) is 0 Å². The SMILES string of the molecule is CC#N.O=C=Nc1ccccc1. The molecular weight excluding hydrogens is 152 g/mol. The fraction of sp³-hybridized carbons (Fsp3) is 0.111. The van der Waals surface area contributed by atoms with E-state index in [1.807, 2.05) is 18.2 Å². The summed E-state index contributed by atoms with van der Waals surface area (Å²) >= 11 is 0. The van der Waals surface area contributed by atoms with E-state index in [1.165, 1.54) is 13.0 Å². The minimum Gasteiger partial charge on any atom is -0.211 e. The summed E-state index contributed by atoms with van der Waals surface area (Å²) in [5.41, 5.74) is 0.646. The number of para-hydroxylation sites is 1. The maximum Gasteiger partial charge on any atom is 0.240 e. The quantitative estimate of drug-likeness (QED) is 0.467. The number of nitriles is 1. The molecule has 1 rings (SSSR count). The van der Waals surface area contributed by atoms with E-state index >= 15 is 0 Å². The summed E-state index contributed by atoms with van der Waals surface area (Å²) in [5, 5.41) is 7.32. The molecule has 0 aliphatic rings. The van der Waals surface area contributed by atoms with Gasteiger partial charge >= 0.3 is 0 Å². The van der Waals surface area contributed by atoms with Gasteiger partial charge in [-0.3, -0.25) is 0 Å². The van der Waals surface area contributed by atoms with Gasteiger partial charge in [-0.15, -0.1) is 0 Å². The fourth-order valence-electron chi connectivity index (χ4n) is 0.555. The second-order valence-corrected chi connectivity index (χ2v) is 1.76. The number of hydrogen-bond acceptors (Lipinski definition) is 3. The van der Waals surface area contributed by atoms with Crippen molar-refractivity contribution in [2.24, 2.45) is 4.99 Å². The van der Waals surface area contributed by atoms with E-state index < -0.39 is 0 Å². The molecule has 0 aliphatic carbocycles. The Bertz CT molecular complexity index is 294. The Balaban J connectivity index is 0.000000354. The number of hydrogen-bond donors (Lipinski definition) is 0. The zero-order chi connectivity index (χ0) is 9.23. The predicted molar refractivity (Wildman–Crippen MR) is 45.5 cm³/mol. The minimum absolute atomic E-state index is 0.646. The number of carbonyl (C=O) groups excluding carboxylic acids is 1. The van der Waals surface area contributed by atoms with Crippen LogP contribution in [0, 0.1) is 11.3 Å². The molecule has 0 spiro atoms. The smallest absolute Gasteiger partial charge is 0.211 e. The van der Waals surface area contributed by atoms with E-state index in [4.69, 9.17) is 5.26 Å². The molecule has 0 saturated carbocycles. The Kier molecular flexibility index (Phi) is 6.05. The van der Waals surface area contributed by atoms with Crippen molar-refractivity contribution in [1.82, 2.24) is 0 Å². The van der Waals surface area contributed by atoms with Crippen LogP contribution in [0.4, 0.5) is 5.69 Å². The van der Waals surface area contributed by atoms with E-state index in [0.717, 1.165) is 0 Å². The number of nitrogens with zero attached hydrogens (tertiary/aromatic N) is 2. The van der Waals surface area contributed by atoms with Crippen LogP contribution in [0.25, 0.3) is 0 Å². The third kappa shape index (κ3) is 4.92. The summed E-state index contributed by atoms with van der Waals surface area (Å²) in [7, 11) is 0. The molecule has 0 saturated heterocycles. The Morgan fingerprint density at radius 2 is 1.83 bits per heavy atom. The molecule has 1 aromatic rings. The highest BCUT2D eigenvalue weighted by molar-refractivity contribution is 5.47. The van der Waals surface area contributed by atoms with Crippen molar-refractivity contribution in [3.63, 3.8) is 0 Å². The molecule has 0 aromatic heterocycles. The topological polar surface area (TPSA) is 53.2 Å². The Morgan fingerprint density at radius 1 is 1.33 bits per heavy atom. The zero-order valence-corrected chi connectivity index (χ0v) is 6.69. The molecule has 0 atom stereocenters. The summed E-state index contributed by atoms with van der Waals surface area (Å²) in [6.45, 7) is 1.43. The maximum absolute atomic E-state index is 9.68. The first-order chi connectivity index (χ1) is 5.85. The van der Waals surface area contributed by atoms with Crippen LogP contribution in [0.3, 0.4) is 0 Å². The van der Waals surface area contributed by atoms with Crippen LogP contribution < -0.4 is 0 Å². The second-order valence-electron chi connectivity index (χ2n) is 1.76. The molecule has 0 radical (unpaired) electrons. The van der Waals surface area contributed by atoms with Gasteiger partial charge < -0.3 is 0 Å². The van der Waals surface area contributed by atoms with E-state index in [1.54, 1.807) is 18.2 Å². The molecule has 0 unspecified atom stereocenters. The van der Waals surface area contributed by atoms with E-state index in [0.29, 0.717) is 5.69 Å². The monoisotopic (exact) mass is 160 g/mol. The van der Waals surface area contributed by atoms with Gasteiger partial charge in [0.1, 0.15) is 0 Å². The Morgan fingerprint density at radius 3 is 2.25 bits per heavy atom. The number of isocyanates is 1. The highest BCUT2D eigenvalue weighted by Gasteiger charge is 1.79. The zero-order valence-electron chi connectivity index (χ0n) is 6.69. The fourth-order valence-corrected chi connectivity index (χ4v) is 0.555. The molecule has 3 nitrogen and oxygen atoms in total. The van der Waals surface area contributed by atoms with Crippen LogP contribution >= 0.6 is 0 Å². The van der Waals surface area contributed by atoms with Gasteiger partial charge in [0.05, 0.1) is 11.8 Å². The third-order valence-corrected chi connectivity index (χ3v) is 0.931. The van der Waals surface area contributed by atoms with Gasteiger partial charge in [0, 0.05) is 6.92 Å². The van der Waals surface area contributed by atoms with Crippen LogP contribution in [-0.2, 0) is 4.79 Å². The largest absolute Gasteiger partial charge is 0.240 e. The average molecular weight is 160 g/mol. The molecule has 60 valence electrons. The van der Waals surface area contributed by atoms with Crippen molar-refractivity contribution in [1.29, 1.82) is 5.26 Å². The van der Waals surface area contributed by atoms with E-state index in [9.17, 15) is 4.79 Å². The molecule has 3 heteroatoms. The van der Waals surface area contributed by atoms with Gasteiger partial charge in [0.2, 0.25) is 6.08 Å². The van der Waals surface area contributed by atoms with Crippen LogP contribution in [0.2, 0.25) is 0 Å². The van der Waals surface area contributed by atoms with Gasteiger partial charge in [-0.1, -0.05) is 18.2 Å². The van der Waals surface area contributed by atoms with Crippen molar-refractivity contribution in [2.45, 2.75) is 6.92 Å². The Hall–Kier alpha value is -1.91. The maximum atomic E-state index is 9.68. The lowest BCUT2D eigenvalue weighted by atomic mass is 10.3. The molecule has 0 fully saturated rings. The Labute approximate surface area is 71.0 Å². The second kappa shape index (κ2) is 7.20. The molecule has 12 heavy (non-hydrogen) atoms. The van der Waals surface area contributed by atoms with Gasteiger partial charge in [-0.05, 0) is 12.1 Å². The molecule has 0 amide bonds. The standard InChI is InChI=1S/C7H5NO.C2H3N/c9-6-8-7-4-2-1-3-5-7;1-2-3/h1-5H;1H3. The average Bonchev–Trinajstić information content (AvgIpc) is 2.08. The van der Waals surface area contributed by atoms with Crippen molar-refractivity contribution >= 4 is 11.8 Å². The van der Waals surface area contributed by atoms with Gasteiger partial charge in [-0.25, -0.2) is 4.79 Å². The molecule has 1 aromatic carbocycles. The van der Waals surface area contributed by atoms with Crippen molar-refractivity contribution < 1.29 is 4.79 Å². The highest BCUT2D eigenvalue weighted by Crippen LogP contribution is 2.06.